The lowest BCUT2D eigenvalue weighted by Crippen LogP contribution is -2.51. The van der Waals surface area contributed by atoms with Crippen molar-refractivity contribution in [1.29, 1.82) is 0 Å². The maximum absolute atomic E-state index is 11.6. The molecule has 1 fully saturated rings. The molecule has 32 heavy (non-hydrogen) atoms. The van der Waals surface area contributed by atoms with E-state index in [0.717, 1.165) is 31.4 Å². The number of hydrogen-bond acceptors (Lipinski definition) is 3. The quantitative estimate of drug-likeness (QED) is 0.461. The van der Waals surface area contributed by atoms with Crippen molar-refractivity contribution < 1.29 is 14.3 Å². The molecule has 3 nitrogen and oxygen atoms in total. The van der Waals surface area contributed by atoms with Gasteiger partial charge in [0.2, 0.25) is 0 Å². The summed E-state index contributed by atoms with van der Waals surface area (Å²) in [5.74, 6) is 1.77. The first-order chi connectivity index (χ1) is 15.2. The van der Waals surface area contributed by atoms with E-state index in [1.54, 1.807) is 0 Å². The van der Waals surface area contributed by atoms with E-state index < -0.39 is 0 Å². The highest BCUT2D eigenvalue weighted by Crippen LogP contribution is 2.58. The van der Waals surface area contributed by atoms with Gasteiger partial charge in [-0.05, 0) is 71.3 Å². The van der Waals surface area contributed by atoms with E-state index in [9.17, 15) is 4.79 Å². The summed E-state index contributed by atoms with van der Waals surface area (Å²) in [6.45, 7) is 11.9. The van der Waals surface area contributed by atoms with E-state index in [-0.39, 0.29) is 16.8 Å². The highest BCUT2D eigenvalue weighted by atomic mass is 16.5. The van der Waals surface area contributed by atoms with Crippen molar-refractivity contribution in [2.24, 2.45) is 11.3 Å². The minimum absolute atomic E-state index is 0.0259. The van der Waals surface area contributed by atoms with Crippen LogP contribution in [0.2, 0.25) is 0 Å². The fourth-order valence-electron chi connectivity index (χ4n) is 6.40. The predicted octanol–water partition coefficient (Wildman–Crippen LogP) is 6.96. The zero-order chi connectivity index (χ0) is 22.9. The number of aryl methyl sites for hydroxylation is 1. The summed E-state index contributed by atoms with van der Waals surface area (Å²) >= 11 is 0. The van der Waals surface area contributed by atoms with Gasteiger partial charge in [0.05, 0.1) is 6.61 Å². The maximum Gasteiger partial charge on any atom is 0.302 e. The minimum Gasteiger partial charge on any atom is -0.489 e. The van der Waals surface area contributed by atoms with Crippen LogP contribution in [-0.2, 0) is 28.0 Å². The molecule has 2 aromatic rings. The Morgan fingerprint density at radius 1 is 1.12 bits per heavy atom. The molecule has 0 radical (unpaired) electrons. The summed E-state index contributed by atoms with van der Waals surface area (Å²) in [6.07, 6.45) is 5.71. The Kier molecular flexibility index (Phi) is 6.38. The molecule has 0 heterocycles. The van der Waals surface area contributed by atoms with Crippen LogP contribution < -0.4 is 4.74 Å². The monoisotopic (exact) mass is 434 g/mol. The number of rotatable bonds is 6. The second kappa shape index (κ2) is 8.92. The number of esters is 1. The van der Waals surface area contributed by atoms with Crippen molar-refractivity contribution in [3.63, 3.8) is 0 Å². The summed E-state index contributed by atoms with van der Waals surface area (Å²) < 4.78 is 12.0. The van der Waals surface area contributed by atoms with Crippen LogP contribution in [0.3, 0.4) is 0 Å². The Labute approximate surface area is 193 Å². The molecule has 0 bridgehead atoms. The highest BCUT2D eigenvalue weighted by molar-refractivity contribution is 5.66. The number of carbonyl (C=O) groups excluding carboxylic acids is 1. The van der Waals surface area contributed by atoms with Crippen LogP contribution in [0, 0.1) is 11.3 Å². The van der Waals surface area contributed by atoms with Gasteiger partial charge in [-0.1, -0.05) is 70.5 Å². The number of fused-ring (bicyclic) bond motifs is 3. The molecule has 2 aromatic carbocycles. The third kappa shape index (κ3) is 4.31. The number of ether oxygens (including phenoxy) is 2. The van der Waals surface area contributed by atoms with Gasteiger partial charge in [0, 0.05) is 12.3 Å². The second-order valence-electron chi connectivity index (χ2n) is 10.8. The maximum atomic E-state index is 11.6. The van der Waals surface area contributed by atoms with Crippen LogP contribution in [-0.4, -0.2) is 12.6 Å². The summed E-state index contributed by atoms with van der Waals surface area (Å²) in [5, 5.41) is 0. The molecule has 0 amide bonds. The topological polar surface area (TPSA) is 35.5 Å². The van der Waals surface area contributed by atoms with E-state index in [0.29, 0.717) is 25.0 Å². The molecule has 2 aliphatic carbocycles. The third-order valence-corrected chi connectivity index (χ3v) is 8.07. The van der Waals surface area contributed by atoms with Crippen LogP contribution in [0.1, 0.15) is 88.5 Å². The Morgan fingerprint density at radius 3 is 2.56 bits per heavy atom. The van der Waals surface area contributed by atoms with Crippen molar-refractivity contribution >= 4 is 5.97 Å². The van der Waals surface area contributed by atoms with Crippen LogP contribution in [0.25, 0.3) is 0 Å². The van der Waals surface area contributed by atoms with Gasteiger partial charge in [-0.3, -0.25) is 4.79 Å². The fourth-order valence-corrected chi connectivity index (χ4v) is 6.40. The molecule has 1 unspecified atom stereocenters. The van der Waals surface area contributed by atoms with Gasteiger partial charge in [0.1, 0.15) is 12.4 Å². The SMILES string of the molecule is CC(=O)OC[C@@]1(C)CCC[C@]2(C)c3cc(OCc4ccccc4)c(C(C)C)cc3CCC12. The fraction of sp³-hybridized carbons (Fsp3) is 0.552. The van der Waals surface area contributed by atoms with Crippen molar-refractivity contribution in [3.8, 4) is 5.75 Å². The van der Waals surface area contributed by atoms with E-state index in [1.807, 2.05) is 6.07 Å². The first kappa shape index (κ1) is 22.9. The summed E-state index contributed by atoms with van der Waals surface area (Å²) in [4.78, 5) is 11.6. The van der Waals surface area contributed by atoms with Gasteiger partial charge in [0.15, 0.2) is 0 Å². The standard InChI is InChI=1S/C29H38O3/c1-20(2)24-16-23-12-13-27-28(4,19-32-21(3)30)14-9-15-29(27,5)25(23)17-26(24)31-18-22-10-7-6-8-11-22/h6-8,10-11,16-17,20,27H,9,12-15,18-19H2,1-5H3/t27?,28-,29-/m1/s1. The molecule has 0 aromatic heterocycles. The summed E-state index contributed by atoms with van der Waals surface area (Å²) in [5.41, 5.74) is 5.54. The molecule has 0 saturated heterocycles. The number of carbonyl (C=O) groups is 1. The Bertz CT molecular complexity index is 964. The third-order valence-electron chi connectivity index (χ3n) is 8.07. The van der Waals surface area contributed by atoms with E-state index in [1.165, 1.54) is 35.6 Å². The molecule has 0 N–H and O–H groups in total. The summed E-state index contributed by atoms with van der Waals surface area (Å²) in [6, 6.07) is 15.2. The Morgan fingerprint density at radius 2 is 1.88 bits per heavy atom. The van der Waals surface area contributed by atoms with Gasteiger partial charge in [-0.2, -0.15) is 0 Å². The molecular formula is C29H38O3. The largest absolute Gasteiger partial charge is 0.489 e. The Hall–Kier alpha value is -2.29. The normalized spacial score (nSPS) is 26.9. The molecule has 0 aliphatic heterocycles. The van der Waals surface area contributed by atoms with Crippen LogP contribution >= 0.6 is 0 Å². The molecular weight excluding hydrogens is 396 g/mol. The smallest absolute Gasteiger partial charge is 0.302 e. The average molecular weight is 435 g/mol. The molecule has 1 saturated carbocycles. The highest BCUT2D eigenvalue weighted by Gasteiger charge is 2.52. The van der Waals surface area contributed by atoms with Crippen molar-refractivity contribution in [3.05, 3.63) is 64.7 Å². The lowest BCUT2D eigenvalue weighted by Gasteiger charge is -2.55. The average Bonchev–Trinajstić information content (AvgIpc) is 2.76. The van der Waals surface area contributed by atoms with Gasteiger partial charge in [-0.25, -0.2) is 0 Å². The molecule has 2 aliphatic rings. The van der Waals surface area contributed by atoms with E-state index in [4.69, 9.17) is 9.47 Å². The zero-order valence-corrected chi connectivity index (χ0v) is 20.4. The van der Waals surface area contributed by atoms with Crippen LogP contribution in [0.4, 0.5) is 0 Å². The molecule has 4 rings (SSSR count). The first-order valence-corrected chi connectivity index (χ1v) is 12.2. The minimum atomic E-state index is -0.173. The van der Waals surface area contributed by atoms with Gasteiger partial charge >= 0.3 is 5.97 Å². The summed E-state index contributed by atoms with van der Waals surface area (Å²) in [7, 11) is 0. The van der Waals surface area contributed by atoms with Gasteiger partial charge in [0.25, 0.3) is 0 Å². The Balaban J connectivity index is 1.69. The lowest BCUT2D eigenvalue weighted by molar-refractivity contribution is -0.148. The first-order valence-electron chi connectivity index (χ1n) is 12.2. The lowest BCUT2D eigenvalue weighted by atomic mass is 9.50. The molecule has 3 atom stereocenters. The van der Waals surface area contributed by atoms with E-state index >= 15 is 0 Å². The molecule has 172 valence electrons. The number of benzene rings is 2. The van der Waals surface area contributed by atoms with Gasteiger partial charge in [-0.15, -0.1) is 0 Å². The zero-order valence-electron chi connectivity index (χ0n) is 20.4. The van der Waals surface area contributed by atoms with E-state index in [2.05, 4.69) is 64.1 Å². The second-order valence-corrected chi connectivity index (χ2v) is 10.8. The molecule has 0 spiro atoms. The van der Waals surface area contributed by atoms with Gasteiger partial charge < -0.3 is 9.47 Å². The van der Waals surface area contributed by atoms with Crippen LogP contribution in [0.15, 0.2) is 42.5 Å². The van der Waals surface area contributed by atoms with Crippen molar-refractivity contribution in [2.45, 2.75) is 84.7 Å². The predicted molar refractivity (Wildman–Crippen MR) is 129 cm³/mol. The number of hydrogen-bond donors (Lipinski definition) is 0. The van der Waals surface area contributed by atoms with Crippen molar-refractivity contribution in [2.75, 3.05) is 6.61 Å². The van der Waals surface area contributed by atoms with Crippen LogP contribution in [0.5, 0.6) is 5.75 Å². The molecule has 3 heteroatoms. The van der Waals surface area contributed by atoms with Crippen molar-refractivity contribution in [1.82, 2.24) is 0 Å².